The topological polar surface area (TPSA) is 15.7 Å². The highest BCUT2D eigenvalue weighted by Crippen LogP contribution is 2.47. The summed E-state index contributed by atoms with van der Waals surface area (Å²) in [5.74, 6) is 1.82. The van der Waals surface area contributed by atoms with Gasteiger partial charge in [-0.05, 0) is 98.1 Å². The van der Waals surface area contributed by atoms with E-state index in [1.807, 2.05) is 0 Å². The molecule has 0 bridgehead atoms. The van der Waals surface area contributed by atoms with Crippen LogP contribution in [0.25, 0.3) is 21.5 Å². The Labute approximate surface area is 305 Å². The molecule has 10 rings (SSSR count). The van der Waals surface area contributed by atoms with Crippen molar-refractivity contribution < 1.29 is 4.74 Å². The fourth-order valence-electron chi connectivity index (χ4n) is 8.43. The van der Waals surface area contributed by atoms with Gasteiger partial charge in [0.15, 0.2) is 0 Å². The fraction of sp³-hybridized carbons (Fsp3) is 0.0833. The van der Waals surface area contributed by atoms with Gasteiger partial charge < -0.3 is 14.5 Å². The molecule has 0 N–H and O–H groups in total. The number of nitrogens with zero attached hydrogens (tertiary/aromatic N) is 2. The standard InChI is InChI=1S/C48H37BN2O/c1-48(2,3)33-29-42-47-43(30-33)52-44-31-41(50(34-18-7-4-8-19-34)35-20-9-5-10-21-35)38-25-15-16-26-39(38)46(44)49(47)45-37-24-14-13-17-32(37)27-28-40(45)51(42)36-22-11-6-12-23-36/h4-31H,1-3H3. The van der Waals surface area contributed by atoms with Gasteiger partial charge in [-0.1, -0.05) is 130 Å². The first-order chi connectivity index (χ1) is 25.5. The molecule has 4 heteroatoms. The van der Waals surface area contributed by atoms with E-state index >= 15 is 0 Å². The number of benzene rings is 8. The van der Waals surface area contributed by atoms with Crippen molar-refractivity contribution in [3.63, 3.8) is 0 Å². The molecule has 0 spiro atoms. The van der Waals surface area contributed by atoms with Crippen molar-refractivity contribution in [1.82, 2.24) is 0 Å². The van der Waals surface area contributed by atoms with Crippen LogP contribution in [0.1, 0.15) is 26.3 Å². The molecule has 0 radical (unpaired) electrons. The van der Waals surface area contributed by atoms with E-state index in [2.05, 4.69) is 200 Å². The molecule has 248 valence electrons. The van der Waals surface area contributed by atoms with Crippen LogP contribution in [0.15, 0.2) is 170 Å². The first-order valence-corrected chi connectivity index (χ1v) is 18.1. The molecule has 0 atom stereocenters. The number of rotatable bonds is 4. The Morgan fingerprint density at radius 3 is 1.75 bits per heavy atom. The van der Waals surface area contributed by atoms with E-state index in [1.165, 1.54) is 54.9 Å². The first kappa shape index (κ1) is 30.6. The highest BCUT2D eigenvalue weighted by molar-refractivity contribution is 7.02. The highest BCUT2D eigenvalue weighted by Gasteiger charge is 2.44. The SMILES string of the molecule is CC(C)(C)c1cc2c3c(c1)N(c1ccccc1)c1ccc4ccccc4c1B3c1c(cc(N(c3ccccc3)c3ccccc3)c3ccccc13)O2. The average Bonchev–Trinajstić information content (AvgIpc) is 3.18. The van der Waals surface area contributed by atoms with Crippen molar-refractivity contribution in [2.45, 2.75) is 26.2 Å². The summed E-state index contributed by atoms with van der Waals surface area (Å²) in [5.41, 5.74) is 11.7. The minimum Gasteiger partial charge on any atom is -0.458 e. The Kier molecular flexibility index (Phi) is 6.84. The molecule has 2 aliphatic rings. The summed E-state index contributed by atoms with van der Waals surface area (Å²) in [7, 11) is 0. The largest absolute Gasteiger partial charge is 0.458 e. The average molecular weight is 669 g/mol. The summed E-state index contributed by atoms with van der Waals surface area (Å²) in [6.07, 6.45) is 0. The molecule has 8 aromatic carbocycles. The quantitative estimate of drug-likeness (QED) is 0.174. The third-order valence-electron chi connectivity index (χ3n) is 10.8. The molecule has 0 aromatic heterocycles. The van der Waals surface area contributed by atoms with E-state index in [0.717, 1.165) is 34.2 Å². The second-order valence-electron chi connectivity index (χ2n) is 14.9. The zero-order valence-electron chi connectivity index (χ0n) is 29.5. The van der Waals surface area contributed by atoms with Crippen LogP contribution in [0.5, 0.6) is 11.5 Å². The van der Waals surface area contributed by atoms with Gasteiger partial charge in [0.25, 0.3) is 6.71 Å². The van der Waals surface area contributed by atoms with Crippen molar-refractivity contribution in [2.24, 2.45) is 0 Å². The minimum atomic E-state index is -0.0946. The summed E-state index contributed by atoms with van der Waals surface area (Å²) in [4.78, 5) is 4.82. The van der Waals surface area contributed by atoms with Gasteiger partial charge >= 0.3 is 0 Å². The summed E-state index contributed by atoms with van der Waals surface area (Å²) < 4.78 is 7.29. The third-order valence-corrected chi connectivity index (χ3v) is 10.8. The molecule has 3 nitrogen and oxygen atoms in total. The van der Waals surface area contributed by atoms with E-state index < -0.39 is 0 Å². The Bertz CT molecular complexity index is 2610. The highest BCUT2D eigenvalue weighted by atomic mass is 16.5. The van der Waals surface area contributed by atoms with Crippen LogP contribution in [0, 0.1) is 0 Å². The molecule has 0 fully saturated rings. The van der Waals surface area contributed by atoms with Crippen LogP contribution in [-0.4, -0.2) is 6.71 Å². The van der Waals surface area contributed by atoms with Gasteiger partial charge in [-0.2, -0.15) is 0 Å². The maximum Gasteiger partial charge on any atom is 0.258 e. The van der Waals surface area contributed by atoms with Crippen LogP contribution in [0.4, 0.5) is 34.1 Å². The van der Waals surface area contributed by atoms with Crippen molar-refractivity contribution in [3.8, 4) is 11.5 Å². The van der Waals surface area contributed by atoms with Gasteiger partial charge in [0.2, 0.25) is 0 Å². The van der Waals surface area contributed by atoms with Crippen molar-refractivity contribution >= 4 is 78.8 Å². The zero-order chi connectivity index (χ0) is 35.0. The fourth-order valence-corrected chi connectivity index (χ4v) is 8.43. The van der Waals surface area contributed by atoms with Gasteiger partial charge in [-0.15, -0.1) is 0 Å². The predicted octanol–water partition coefficient (Wildman–Crippen LogP) is 11.2. The van der Waals surface area contributed by atoms with E-state index in [-0.39, 0.29) is 12.1 Å². The van der Waals surface area contributed by atoms with Crippen molar-refractivity contribution in [1.29, 1.82) is 0 Å². The van der Waals surface area contributed by atoms with Crippen LogP contribution in [0.3, 0.4) is 0 Å². The van der Waals surface area contributed by atoms with Crippen LogP contribution in [-0.2, 0) is 5.41 Å². The Morgan fingerprint density at radius 1 is 0.500 bits per heavy atom. The van der Waals surface area contributed by atoms with Gasteiger partial charge in [0.1, 0.15) is 11.5 Å². The minimum absolute atomic E-state index is 0.0512. The monoisotopic (exact) mass is 668 g/mol. The molecule has 0 aliphatic carbocycles. The van der Waals surface area contributed by atoms with Crippen LogP contribution >= 0.6 is 0 Å². The number of hydrogen-bond acceptors (Lipinski definition) is 3. The second-order valence-corrected chi connectivity index (χ2v) is 14.9. The Morgan fingerprint density at radius 2 is 1.08 bits per heavy atom. The summed E-state index contributed by atoms with van der Waals surface area (Å²) in [5, 5.41) is 4.87. The summed E-state index contributed by atoms with van der Waals surface area (Å²) in [6, 6.07) is 61.5. The summed E-state index contributed by atoms with van der Waals surface area (Å²) >= 11 is 0. The van der Waals surface area contributed by atoms with Crippen LogP contribution in [0.2, 0.25) is 0 Å². The number of hydrogen-bond donors (Lipinski definition) is 0. The lowest BCUT2D eigenvalue weighted by atomic mass is 9.33. The molecule has 8 aromatic rings. The third kappa shape index (κ3) is 4.68. The van der Waals surface area contributed by atoms with Gasteiger partial charge in [-0.3, -0.25) is 0 Å². The molecule has 0 unspecified atom stereocenters. The molecule has 52 heavy (non-hydrogen) atoms. The van der Waals surface area contributed by atoms with Crippen molar-refractivity contribution in [2.75, 3.05) is 9.80 Å². The van der Waals surface area contributed by atoms with E-state index in [1.54, 1.807) is 0 Å². The van der Waals surface area contributed by atoms with Gasteiger partial charge in [0.05, 0.1) is 5.69 Å². The van der Waals surface area contributed by atoms with Crippen LogP contribution < -0.4 is 30.9 Å². The van der Waals surface area contributed by atoms with E-state index in [9.17, 15) is 0 Å². The Balaban J connectivity index is 1.33. The lowest BCUT2D eigenvalue weighted by Gasteiger charge is -2.42. The molecule has 2 aliphatic heterocycles. The number of anilines is 6. The normalized spacial score (nSPS) is 13.0. The maximum absolute atomic E-state index is 7.29. The zero-order valence-corrected chi connectivity index (χ0v) is 29.5. The Hall–Kier alpha value is -6.26. The lowest BCUT2D eigenvalue weighted by Crippen LogP contribution is -2.60. The van der Waals surface area contributed by atoms with Gasteiger partial charge in [-0.25, -0.2) is 0 Å². The lowest BCUT2D eigenvalue weighted by molar-refractivity contribution is 0.484. The van der Waals surface area contributed by atoms with E-state index in [0.29, 0.717) is 0 Å². The molecule has 0 saturated carbocycles. The summed E-state index contributed by atoms with van der Waals surface area (Å²) in [6.45, 7) is 6.81. The molecule has 0 amide bonds. The molecule has 0 saturated heterocycles. The van der Waals surface area contributed by atoms with Crippen molar-refractivity contribution in [3.05, 3.63) is 175 Å². The number of ether oxygens (including phenoxy) is 1. The molecular formula is C48H37BN2O. The number of fused-ring (bicyclic) bond motifs is 8. The smallest absolute Gasteiger partial charge is 0.258 e. The first-order valence-electron chi connectivity index (χ1n) is 18.1. The molecule has 2 heterocycles. The van der Waals surface area contributed by atoms with E-state index in [4.69, 9.17) is 4.74 Å². The predicted molar refractivity (Wildman–Crippen MR) is 221 cm³/mol. The second kappa shape index (κ2) is 11.6. The molecular weight excluding hydrogens is 631 g/mol. The maximum atomic E-state index is 7.29. The number of para-hydroxylation sites is 3. The van der Waals surface area contributed by atoms with Gasteiger partial charge in [0, 0.05) is 39.9 Å².